The molecule has 0 atom stereocenters. The van der Waals surface area contributed by atoms with E-state index in [1.807, 2.05) is 0 Å². The van der Waals surface area contributed by atoms with Crippen LogP contribution in [0.2, 0.25) is 0 Å². The van der Waals surface area contributed by atoms with E-state index < -0.39 is 5.82 Å². The van der Waals surface area contributed by atoms with E-state index >= 15 is 0 Å². The second-order valence-corrected chi connectivity index (χ2v) is 2.89. The number of halogens is 1. The first kappa shape index (κ1) is 10.6. The van der Waals surface area contributed by atoms with Gasteiger partial charge in [-0.3, -0.25) is 9.78 Å². The summed E-state index contributed by atoms with van der Waals surface area (Å²) in [5.74, 6) is -0.760. The molecule has 1 aromatic heterocycles. The lowest BCUT2D eigenvalue weighted by molar-refractivity contribution is -0.142. The fraction of sp³-hybridized carbons (Fsp3) is 0.400. The number of ether oxygens (including phenoxy) is 1. The molecule has 1 aromatic rings. The summed E-state index contributed by atoms with van der Waals surface area (Å²) in [6.07, 6.45) is 1.55. The molecule has 1 rings (SSSR count). The van der Waals surface area contributed by atoms with Gasteiger partial charge in [0.25, 0.3) is 0 Å². The van der Waals surface area contributed by atoms with E-state index in [1.165, 1.54) is 12.3 Å². The zero-order chi connectivity index (χ0) is 10.6. The number of esters is 1. The molecule has 0 amide bonds. The minimum atomic E-state index is -0.396. The van der Waals surface area contributed by atoms with Crippen molar-refractivity contribution in [2.75, 3.05) is 6.61 Å². The Morgan fingerprint density at radius 3 is 2.93 bits per heavy atom. The van der Waals surface area contributed by atoms with Gasteiger partial charge in [-0.25, -0.2) is 4.39 Å². The van der Waals surface area contributed by atoms with Crippen molar-refractivity contribution in [3.8, 4) is 0 Å². The molecule has 0 fully saturated rings. The summed E-state index contributed by atoms with van der Waals surface area (Å²) in [6, 6.07) is 1.30. The molecule has 0 unspecified atom stereocenters. The summed E-state index contributed by atoms with van der Waals surface area (Å²) in [7, 11) is 0. The van der Waals surface area contributed by atoms with E-state index in [-0.39, 0.29) is 12.4 Å². The van der Waals surface area contributed by atoms with Crippen LogP contribution in [0.15, 0.2) is 12.3 Å². The van der Waals surface area contributed by atoms with Gasteiger partial charge in [0.2, 0.25) is 0 Å². The number of aryl methyl sites for hydroxylation is 1. The average Bonchev–Trinajstić information content (AvgIpc) is 2.12. The standard InChI is InChI=1S/C10H12FNO2/c1-3-14-10(13)5-8-4-9(11)7(2)12-6-8/h4,6H,3,5H2,1-2H3. The normalized spacial score (nSPS) is 9.93. The van der Waals surface area contributed by atoms with E-state index in [1.54, 1.807) is 13.8 Å². The predicted molar refractivity (Wildman–Crippen MR) is 49.3 cm³/mol. The predicted octanol–water partition coefficient (Wildman–Crippen LogP) is 1.63. The molecule has 0 aliphatic heterocycles. The lowest BCUT2D eigenvalue weighted by Gasteiger charge is -2.02. The van der Waals surface area contributed by atoms with Crippen molar-refractivity contribution in [2.45, 2.75) is 20.3 Å². The Hall–Kier alpha value is -1.45. The Kier molecular flexibility index (Phi) is 3.56. The topological polar surface area (TPSA) is 39.2 Å². The number of hydrogen-bond acceptors (Lipinski definition) is 3. The van der Waals surface area contributed by atoms with Crippen molar-refractivity contribution >= 4 is 5.97 Å². The van der Waals surface area contributed by atoms with E-state index in [0.717, 1.165) is 0 Å². The third-order valence-electron chi connectivity index (χ3n) is 1.74. The van der Waals surface area contributed by atoms with E-state index in [0.29, 0.717) is 17.9 Å². The molecule has 0 aliphatic carbocycles. The summed E-state index contributed by atoms with van der Waals surface area (Å²) >= 11 is 0. The highest BCUT2D eigenvalue weighted by Crippen LogP contribution is 2.06. The van der Waals surface area contributed by atoms with Gasteiger partial charge in [-0.15, -0.1) is 0 Å². The fourth-order valence-corrected chi connectivity index (χ4v) is 1.02. The lowest BCUT2D eigenvalue weighted by Crippen LogP contribution is -2.08. The molecule has 0 saturated carbocycles. The van der Waals surface area contributed by atoms with Gasteiger partial charge in [0.05, 0.1) is 18.7 Å². The summed E-state index contributed by atoms with van der Waals surface area (Å²) in [5.41, 5.74) is 0.865. The molecule has 3 nitrogen and oxygen atoms in total. The molecular formula is C10H12FNO2. The van der Waals surface area contributed by atoms with E-state index in [9.17, 15) is 9.18 Å². The zero-order valence-corrected chi connectivity index (χ0v) is 8.21. The maximum atomic E-state index is 13.0. The Labute approximate surface area is 81.9 Å². The van der Waals surface area contributed by atoms with Gasteiger partial charge in [-0.1, -0.05) is 0 Å². The quantitative estimate of drug-likeness (QED) is 0.691. The Bertz CT molecular complexity index is 339. The Balaban J connectivity index is 2.68. The number of carbonyl (C=O) groups excluding carboxylic acids is 1. The van der Waals surface area contributed by atoms with Gasteiger partial charge < -0.3 is 4.74 Å². The Morgan fingerprint density at radius 1 is 1.64 bits per heavy atom. The van der Waals surface area contributed by atoms with Gasteiger partial charge in [-0.2, -0.15) is 0 Å². The van der Waals surface area contributed by atoms with Crippen LogP contribution in [0.1, 0.15) is 18.2 Å². The number of pyridine rings is 1. The third kappa shape index (κ3) is 2.80. The highest BCUT2D eigenvalue weighted by molar-refractivity contribution is 5.72. The second-order valence-electron chi connectivity index (χ2n) is 2.89. The van der Waals surface area contributed by atoms with Crippen molar-refractivity contribution in [1.82, 2.24) is 4.98 Å². The van der Waals surface area contributed by atoms with Crippen molar-refractivity contribution in [3.05, 3.63) is 29.3 Å². The van der Waals surface area contributed by atoms with Crippen LogP contribution in [0.3, 0.4) is 0 Å². The molecule has 0 aromatic carbocycles. The molecule has 0 aliphatic rings. The van der Waals surface area contributed by atoms with Gasteiger partial charge in [0.1, 0.15) is 5.82 Å². The van der Waals surface area contributed by atoms with Crippen LogP contribution in [0, 0.1) is 12.7 Å². The van der Waals surface area contributed by atoms with Crippen LogP contribution in [-0.4, -0.2) is 17.6 Å². The molecule has 0 spiro atoms. The number of hydrogen-bond donors (Lipinski definition) is 0. The SMILES string of the molecule is CCOC(=O)Cc1cnc(C)c(F)c1. The average molecular weight is 197 g/mol. The first-order valence-corrected chi connectivity index (χ1v) is 4.40. The van der Waals surface area contributed by atoms with Gasteiger partial charge in [-0.05, 0) is 25.5 Å². The van der Waals surface area contributed by atoms with Crippen LogP contribution in [0.25, 0.3) is 0 Å². The second kappa shape index (κ2) is 4.69. The van der Waals surface area contributed by atoms with Crippen LogP contribution >= 0.6 is 0 Å². The molecule has 1 heterocycles. The van der Waals surface area contributed by atoms with Gasteiger partial charge in [0.15, 0.2) is 0 Å². The first-order valence-electron chi connectivity index (χ1n) is 4.40. The van der Waals surface area contributed by atoms with Crippen LogP contribution < -0.4 is 0 Å². The molecule has 0 bridgehead atoms. The first-order chi connectivity index (χ1) is 6.63. The number of rotatable bonds is 3. The number of aromatic nitrogens is 1. The smallest absolute Gasteiger partial charge is 0.310 e. The largest absolute Gasteiger partial charge is 0.466 e. The van der Waals surface area contributed by atoms with Gasteiger partial charge in [0, 0.05) is 6.20 Å². The zero-order valence-electron chi connectivity index (χ0n) is 8.21. The maximum absolute atomic E-state index is 13.0. The molecule has 4 heteroatoms. The third-order valence-corrected chi connectivity index (χ3v) is 1.74. The minimum absolute atomic E-state index is 0.0675. The van der Waals surface area contributed by atoms with Crippen molar-refractivity contribution < 1.29 is 13.9 Å². The molecule has 0 saturated heterocycles. The maximum Gasteiger partial charge on any atom is 0.310 e. The molecule has 0 N–H and O–H groups in total. The van der Waals surface area contributed by atoms with Crippen molar-refractivity contribution in [2.24, 2.45) is 0 Å². The number of carbonyl (C=O) groups is 1. The number of nitrogens with zero attached hydrogens (tertiary/aromatic N) is 1. The van der Waals surface area contributed by atoms with Gasteiger partial charge >= 0.3 is 5.97 Å². The van der Waals surface area contributed by atoms with Crippen LogP contribution in [0.5, 0.6) is 0 Å². The van der Waals surface area contributed by atoms with Crippen LogP contribution in [0.4, 0.5) is 4.39 Å². The monoisotopic (exact) mass is 197 g/mol. The van der Waals surface area contributed by atoms with Crippen LogP contribution in [-0.2, 0) is 16.0 Å². The summed E-state index contributed by atoms with van der Waals surface area (Å²) in [6.45, 7) is 3.63. The Morgan fingerprint density at radius 2 is 2.36 bits per heavy atom. The molecular weight excluding hydrogens is 185 g/mol. The fourth-order valence-electron chi connectivity index (χ4n) is 1.02. The summed E-state index contributed by atoms with van der Waals surface area (Å²) < 4.78 is 17.7. The molecule has 0 radical (unpaired) electrons. The van der Waals surface area contributed by atoms with Crippen molar-refractivity contribution in [1.29, 1.82) is 0 Å². The van der Waals surface area contributed by atoms with E-state index in [4.69, 9.17) is 4.74 Å². The van der Waals surface area contributed by atoms with E-state index in [2.05, 4.69) is 4.98 Å². The molecule has 76 valence electrons. The van der Waals surface area contributed by atoms with Crippen molar-refractivity contribution in [3.63, 3.8) is 0 Å². The highest BCUT2D eigenvalue weighted by atomic mass is 19.1. The highest BCUT2D eigenvalue weighted by Gasteiger charge is 2.06. The molecule has 14 heavy (non-hydrogen) atoms. The minimum Gasteiger partial charge on any atom is -0.466 e. The summed E-state index contributed by atoms with van der Waals surface area (Å²) in [4.78, 5) is 14.8. The lowest BCUT2D eigenvalue weighted by atomic mass is 10.2. The summed E-state index contributed by atoms with van der Waals surface area (Å²) in [5, 5.41) is 0.